The molecule has 6 nitrogen and oxygen atoms in total. The van der Waals surface area contributed by atoms with Crippen LogP contribution in [0.4, 0.5) is 10.1 Å². The largest absolute Gasteiger partial charge is 0.439 e. The first-order valence-corrected chi connectivity index (χ1v) is 6.65. The van der Waals surface area contributed by atoms with Crippen LogP contribution in [0, 0.1) is 15.9 Å². The zero-order valence-corrected chi connectivity index (χ0v) is 11.8. The zero-order valence-electron chi connectivity index (χ0n) is 11.8. The van der Waals surface area contributed by atoms with Crippen LogP contribution in [0.15, 0.2) is 28.8 Å². The molecule has 0 fully saturated rings. The molecule has 0 radical (unpaired) electrons. The Morgan fingerprint density at radius 2 is 2.24 bits per heavy atom. The maximum absolute atomic E-state index is 13.4. The molecular formula is C14H16FN3O3. The molecule has 1 heterocycles. The molecule has 0 amide bonds. The van der Waals surface area contributed by atoms with Crippen LogP contribution in [-0.4, -0.2) is 16.5 Å². The van der Waals surface area contributed by atoms with E-state index in [1.54, 1.807) is 0 Å². The summed E-state index contributed by atoms with van der Waals surface area (Å²) < 4.78 is 19.0. The van der Waals surface area contributed by atoms with Gasteiger partial charge in [-0.3, -0.25) is 10.1 Å². The second-order valence-electron chi connectivity index (χ2n) is 4.69. The SMILES string of the molecule is CCCNC(C)c1ncc(-c2cc(F)cc([N+](=O)[O-])c2)o1. The fourth-order valence-electron chi connectivity index (χ4n) is 1.89. The fourth-order valence-corrected chi connectivity index (χ4v) is 1.89. The van der Waals surface area contributed by atoms with E-state index in [9.17, 15) is 14.5 Å². The number of rotatable bonds is 6. The van der Waals surface area contributed by atoms with E-state index in [1.165, 1.54) is 18.3 Å². The fraction of sp³-hybridized carbons (Fsp3) is 0.357. The third-order valence-electron chi connectivity index (χ3n) is 2.97. The lowest BCUT2D eigenvalue weighted by Crippen LogP contribution is -2.19. The Labute approximate surface area is 121 Å². The molecule has 0 saturated carbocycles. The second kappa shape index (κ2) is 6.45. The van der Waals surface area contributed by atoms with Crippen molar-refractivity contribution in [3.05, 3.63) is 46.2 Å². The highest BCUT2D eigenvalue weighted by atomic mass is 19.1. The van der Waals surface area contributed by atoms with Crippen molar-refractivity contribution in [2.75, 3.05) is 6.54 Å². The van der Waals surface area contributed by atoms with Crippen molar-refractivity contribution in [2.45, 2.75) is 26.3 Å². The normalized spacial score (nSPS) is 12.3. The molecule has 2 rings (SSSR count). The van der Waals surface area contributed by atoms with Gasteiger partial charge in [-0.1, -0.05) is 6.92 Å². The van der Waals surface area contributed by atoms with Gasteiger partial charge in [0.1, 0.15) is 5.82 Å². The molecule has 7 heteroatoms. The Bertz CT molecular complexity index is 642. The average Bonchev–Trinajstić information content (AvgIpc) is 2.94. The lowest BCUT2D eigenvalue weighted by molar-refractivity contribution is -0.385. The molecule has 1 N–H and O–H groups in total. The van der Waals surface area contributed by atoms with E-state index < -0.39 is 10.7 Å². The minimum absolute atomic E-state index is 0.0813. The van der Waals surface area contributed by atoms with Crippen LogP contribution in [0.3, 0.4) is 0 Å². The van der Waals surface area contributed by atoms with Crippen molar-refractivity contribution in [2.24, 2.45) is 0 Å². The summed E-state index contributed by atoms with van der Waals surface area (Å²) in [6.07, 6.45) is 2.42. The van der Waals surface area contributed by atoms with Crippen molar-refractivity contribution in [1.82, 2.24) is 10.3 Å². The van der Waals surface area contributed by atoms with Gasteiger partial charge >= 0.3 is 0 Å². The molecule has 0 saturated heterocycles. The molecule has 0 aliphatic rings. The smallest absolute Gasteiger partial charge is 0.273 e. The summed E-state index contributed by atoms with van der Waals surface area (Å²) in [6.45, 7) is 4.77. The molecule has 21 heavy (non-hydrogen) atoms. The van der Waals surface area contributed by atoms with Gasteiger partial charge in [0, 0.05) is 11.6 Å². The lowest BCUT2D eigenvalue weighted by atomic mass is 10.1. The summed E-state index contributed by atoms with van der Waals surface area (Å²) in [7, 11) is 0. The molecule has 0 spiro atoms. The van der Waals surface area contributed by atoms with Crippen molar-refractivity contribution in [1.29, 1.82) is 0 Å². The first kappa shape index (κ1) is 15.1. The van der Waals surface area contributed by atoms with Crippen LogP contribution in [0.5, 0.6) is 0 Å². The van der Waals surface area contributed by atoms with Crippen molar-refractivity contribution >= 4 is 5.69 Å². The molecule has 112 valence electrons. The van der Waals surface area contributed by atoms with Crippen LogP contribution in [-0.2, 0) is 0 Å². The van der Waals surface area contributed by atoms with Crippen LogP contribution >= 0.6 is 0 Å². The number of hydrogen-bond acceptors (Lipinski definition) is 5. The molecule has 1 aromatic heterocycles. The first-order valence-electron chi connectivity index (χ1n) is 6.65. The van der Waals surface area contributed by atoms with Gasteiger partial charge in [0.05, 0.1) is 23.2 Å². The Kier molecular flexibility index (Phi) is 4.64. The highest BCUT2D eigenvalue weighted by Crippen LogP contribution is 2.27. The maximum atomic E-state index is 13.4. The Morgan fingerprint density at radius 3 is 2.90 bits per heavy atom. The van der Waals surface area contributed by atoms with Crippen molar-refractivity contribution in [3.8, 4) is 11.3 Å². The van der Waals surface area contributed by atoms with E-state index in [4.69, 9.17) is 4.42 Å². The van der Waals surface area contributed by atoms with Crippen LogP contribution < -0.4 is 5.32 Å². The van der Waals surface area contributed by atoms with Gasteiger partial charge in [-0.15, -0.1) is 0 Å². The number of aromatic nitrogens is 1. The van der Waals surface area contributed by atoms with Gasteiger partial charge in [0.2, 0.25) is 5.89 Å². The number of halogens is 1. The number of benzene rings is 1. The van der Waals surface area contributed by atoms with E-state index in [0.29, 0.717) is 17.2 Å². The number of nitrogens with one attached hydrogen (secondary N) is 1. The molecule has 1 aromatic carbocycles. The van der Waals surface area contributed by atoms with Gasteiger partial charge in [0.15, 0.2) is 5.76 Å². The standard InChI is InChI=1S/C14H16FN3O3/c1-3-4-16-9(2)14-17-8-13(21-14)10-5-11(15)7-12(6-10)18(19)20/h5-9,16H,3-4H2,1-2H3. The van der Waals surface area contributed by atoms with Crippen LogP contribution in [0.2, 0.25) is 0 Å². The van der Waals surface area contributed by atoms with Gasteiger partial charge < -0.3 is 9.73 Å². The topological polar surface area (TPSA) is 81.2 Å². The number of hydrogen-bond donors (Lipinski definition) is 1. The predicted octanol–water partition coefficient (Wildman–Crippen LogP) is 3.45. The number of oxazole rings is 1. The third kappa shape index (κ3) is 3.63. The molecule has 1 unspecified atom stereocenters. The third-order valence-corrected chi connectivity index (χ3v) is 2.97. The highest BCUT2D eigenvalue weighted by Gasteiger charge is 2.16. The van der Waals surface area contributed by atoms with E-state index in [-0.39, 0.29) is 11.7 Å². The summed E-state index contributed by atoms with van der Waals surface area (Å²) in [4.78, 5) is 14.2. The monoisotopic (exact) mass is 293 g/mol. The number of nitro groups is 1. The summed E-state index contributed by atoms with van der Waals surface area (Å²) >= 11 is 0. The maximum Gasteiger partial charge on any atom is 0.273 e. The molecule has 0 bridgehead atoms. The number of non-ortho nitro benzene ring substituents is 1. The number of nitrogens with zero attached hydrogens (tertiary/aromatic N) is 2. The van der Waals surface area contributed by atoms with E-state index in [0.717, 1.165) is 19.0 Å². The molecule has 0 aliphatic carbocycles. The first-order chi connectivity index (χ1) is 10.0. The summed E-state index contributed by atoms with van der Waals surface area (Å²) in [5, 5.41) is 14.0. The molecular weight excluding hydrogens is 277 g/mol. The Balaban J connectivity index is 2.27. The summed E-state index contributed by atoms with van der Waals surface area (Å²) in [6, 6.07) is 3.23. The van der Waals surface area contributed by atoms with Gasteiger partial charge in [0.25, 0.3) is 5.69 Å². The van der Waals surface area contributed by atoms with E-state index in [2.05, 4.69) is 10.3 Å². The Morgan fingerprint density at radius 1 is 1.48 bits per heavy atom. The second-order valence-corrected chi connectivity index (χ2v) is 4.69. The summed E-state index contributed by atoms with van der Waals surface area (Å²) in [5.74, 6) is 0.0809. The van der Waals surface area contributed by atoms with Crippen molar-refractivity contribution in [3.63, 3.8) is 0 Å². The lowest BCUT2D eigenvalue weighted by Gasteiger charge is -2.08. The predicted molar refractivity (Wildman–Crippen MR) is 75.3 cm³/mol. The Hall–Kier alpha value is -2.28. The zero-order chi connectivity index (χ0) is 15.4. The highest BCUT2D eigenvalue weighted by molar-refractivity contribution is 5.60. The van der Waals surface area contributed by atoms with Gasteiger partial charge in [-0.25, -0.2) is 9.37 Å². The molecule has 1 atom stereocenters. The molecule has 0 aliphatic heterocycles. The van der Waals surface area contributed by atoms with Gasteiger partial charge in [-0.2, -0.15) is 0 Å². The minimum Gasteiger partial charge on any atom is -0.439 e. The van der Waals surface area contributed by atoms with Crippen LogP contribution in [0.1, 0.15) is 32.2 Å². The minimum atomic E-state index is -0.686. The van der Waals surface area contributed by atoms with E-state index in [1.807, 2.05) is 13.8 Å². The van der Waals surface area contributed by atoms with Crippen LogP contribution in [0.25, 0.3) is 11.3 Å². The molecule has 2 aromatic rings. The van der Waals surface area contributed by atoms with Gasteiger partial charge in [-0.05, 0) is 26.0 Å². The van der Waals surface area contributed by atoms with E-state index >= 15 is 0 Å². The van der Waals surface area contributed by atoms with Crippen molar-refractivity contribution < 1.29 is 13.7 Å². The quantitative estimate of drug-likeness (QED) is 0.651. The number of nitro benzene ring substituents is 1. The average molecular weight is 293 g/mol. The summed E-state index contributed by atoms with van der Waals surface area (Å²) in [5.41, 5.74) is -0.0248.